The highest BCUT2D eigenvalue weighted by molar-refractivity contribution is 6.30. The third-order valence-corrected chi connectivity index (χ3v) is 5.42. The molecule has 0 unspecified atom stereocenters. The first-order valence-corrected chi connectivity index (χ1v) is 10.1. The van der Waals surface area contributed by atoms with E-state index in [-0.39, 0.29) is 6.04 Å². The lowest BCUT2D eigenvalue weighted by atomic mass is 10.1. The van der Waals surface area contributed by atoms with Crippen LogP contribution in [-0.2, 0) is 6.54 Å². The maximum absolute atomic E-state index is 5.96. The summed E-state index contributed by atoms with van der Waals surface area (Å²) in [6.07, 6.45) is 5.83. The minimum absolute atomic E-state index is 0.149. The summed E-state index contributed by atoms with van der Waals surface area (Å²) in [5, 5.41) is 13.3. The molecule has 0 aliphatic rings. The summed E-state index contributed by atoms with van der Waals surface area (Å²) in [5.41, 5.74) is 5.37. The number of hydrogen-bond acceptors (Lipinski definition) is 4. The molecule has 0 saturated heterocycles. The summed E-state index contributed by atoms with van der Waals surface area (Å²) in [7, 11) is 1.67. The summed E-state index contributed by atoms with van der Waals surface area (Å²) in [6, 6.07) is 15.7. The van der Waals surface area contributed by atoms with E-state index in [1.807, 2.05) is 76.5 Å². The molecular formula is C23H24ClN5O. The topological polar surface area (TPSA) is 56.9 Å². The zero-order chi connectivity index (χ0) is 21.1. The summed E-state index contributed by atoms with van der Waals surface area (Å²) in [5.74, 6) is 0.831. The number of ether oxygens (including phenoxy) is 1. The zero-order valence-electron chi connectivity index (χ0n) is 17.2. The molecule has 4 rings (SSSR count). The average Bonchev–Trinajstić information content (AvgIpc) is 3.39. The Labute approximate surface area is 181 Å². The lowest BCUT2D eigenvalue weighted by Gasteiger charge is -2.13. The molecule has 4 aromatic rings. The first-order chi connectivity index (χ1) is 14.5. The minimum atomic E-state index is 0.149. The van der Waals surface area contributed by atoms with E-state index in [2.05, 4.69) is 29.4 Å². The molecule has 154 valence electrons. The van der Waals surface area contributed by atoms with Gasteiger partial charge in [0, 0.05) is 40.6 Å². The molecule has 2 aromatic heterocycles. The molecule has 0 fully saturated rings. The molecule has 0 spiro atoms. The number of nitrogens with one attached hydrogen (secondary N) is 1. The third-order valence-electron chi connectivity index (χ3n) is 5.17. The van der Waals surface area contributed by atoms with Gasteiger partial charge in [0.2, 0.25) is 0 Å². The number of benzene rings is 2. The second-order valence-corrected chi connectivity index (χ2v) is 7.60. The molecular weight excluding hydrogens is 398 g/mol. The number of nitrogens with zero attached hydrogens (tertiary/aromatic N) is 4. The predicted molar refractivity (Wildman–Crippen MR) is 119 cm³/mol. The Balaban J connectivity index is 1.43. The van der Waals surface area contributed by atoms with Crippen LogP contribution in [0.3, 0.4) is 0 Å². The van der Waals surface area contributed by atoms with E-state index in [1.165, 1.54) is 0 Å². The van der Waals surface area contributed by atoms with Gasteiger partial charge < -0.3 is 10.1 Å². The van der Waals surface area contributed by atoms with Crippen LogP contribution in [0.15, 0.2) is 67.1 Å². The van der Waals surface area contributed by atoms with Gasteiger partial charge in [-0.1, -0.05) is 11.6 Å². The Morgan fingerprint density at radius 1 is 1.00 bits per heavy atom. The van der Waals surface area contributed by atoms with Crippen LogP contribution in [0.5, 0.6) is 5.75 Å². The van der Waals surface area contributed by atoms with Gasteiger partial charge in [-0.25, -0.2) is 9.36 Å². The van der Waals surface area contributed by atoms with Gasteiger partial charge in [0.15, 0.2) is 0 Å². The molecule has 0 bridgehead atoms. The van der Waals surface area contributed by atoms with Crippen molar-refractivity contribution in [3.63, 3.8) is 0 Å². The van der Waals surface area contributed by atoms with Gasteiger partial charge in [-0.2, -0.15) is 10.2 Å². The Kier molecular flexibility index (Phi) is 5.88. The normalized spacial score (nSPS) is 12.1. The molecule has 1 atom stereocenters. The van der Waals surface area contributed by atoms with Crippen molar-refractivity contribution in [3.8, 4) is 17.1 Å². The molecule has 7 heteroatoms. The van der Waals surface area contributed by atoms with Crippen molar-refractivity contribution in [2.45, 2.75) is 26.4 Å². The van der Waals surface area contributed by atoms with E-state index in [0.717, 1.165) is 33.9 Å². The number of rotatable bonds is 7. The van der Waals surface area contributed by atoms with Gasteiger partial charge >= 0.3 is 0 Å². The van der Waals surface area contributed by atoms with Crippen molar-refractivity contribution >= 4 is 11.6 Å². The van der Waals surface area contributed by atoms with Crippen LogP contribution < -0.4 is 10.1 Å². The summed E-state index contributed by atoms with van der Waals surface area (Å²) >= 11 is 5.96. The van der Waals surface area contributed by atoms with E-state index in [0.29, 0.717) is 11.6 Å². The van der Waals surface area contributed by atoms with Crippen molar-refractivity contribution in [3.05, 3.63) is 89.0 Å². The average molecular weight is 422 g/mol. The van der Waals surface area contributed by atoms with E-state index in [9.17, 15) is 0 Å². The Hall–Kier alpha value is -3.09. The van der Waals surface area contributed by atoms with Crippen molar-refractivity contribution in [2.75, 3.05) is 7.11 Å². The fourth-order valence-electron chi connectivity index (χ4n) is 3.40. The van der Waals surface area contributed by atoms with Crippen LogP contribution >= 0.6 is 11.6 Å². The standard InChI is InChI=1S/C23H24ClN5O/c1-16(23-14-27-29(17(23)2)21-8-10-22(30-3)11-9-21)25-12-18-13-26-28(15-18)20-6-4-19(24)5-7-20/h4-11,13-16,25H,12H2,1-3H3/t16-/m0/s1. The van der Waals surface area contributed by atoms with Crippen molar-refractivity contribution in [1.82, 2.24) is 24.9 Å². The Morgan fingerprint density at radius 3 is 2.40 bits per heavy atom. The molecule has 1 N–H and O–H groups in total. The van der Waals surface area contributed by atoms with Crippen molar-refractivity contribution in [2.24, 2.45) is 0 Å². The molecule has 0 aliphatic carbocycles. The highest BCUT2D eigenvalue weighted by atomic mass is 35.5. The molecule has 0 radical (unpaired) electrons. The lowest BCUT2D eigenvalue weighted by molar-refractivity contribution is 0.414. The smallest absolute Gasteiger partial charge is 0.119 e. The van der Waals surface area contributed by atoms with Gasteiger partial charge in [-0.05, 0) is 62.4 Å². The summed E-state index contributed by atoms with van der Waals surface area (Å²) < 4.78 is 9.04. The second kappa shape index (κ2) is 8.73. The van der Waals surface area contributed by atoms with Gasteiger partial charge in [0.05, 0.1) is 30.9 Å². The third kappa shape index (κ3) is 4.25. The minimum Gasteiger partial charge on any atom is -0.497 e. The maximum Gasteiger partial charge on any atom is 0.119 e. The second-order valence-electron chi connectivity index (χ2n) is 7.17. The van der Waals surface area contributed by atoms with Crippen LogP contribution in [-0.4, -0.2) is 26.7 Å². The quantitative estimate of drug-likeness (QED) is 0.462. The molecule has 0 amide bonds. The molecule has 2 heterocycles. The van der Waals surface area contributed by atoms with Crippen molar-refractivity contribution < 1.29 is 4.74 Å². The van der Waals surface area contributed by atoms with Crippen molar-refractivity contribution in [1.29, 1.82) is 0 Å². The van der Waals surface area contributed by atoms with Gasteiger partial charge in [0.1, 0.15) is 5.75 Å². The zero-order valence-corrected chi connectivity index (χ0v) is 18.0. The highest BCUT2D eigenvalue weighted by Crippen LogP contribution is 2.22. The van der Waals surface area contributed by atoms with Gasteiger partial charge in [-0.3, -0.25) is 0 Å². The molecule has 0 saturated carbocycles. The van der Waals surface area contributed by atoms with E-state index in [1.54, 1.807) is 7.11 Å². The molecule has 6 nitrogen and oxygen atoms in total. The fourth-order valence-corrected chi connectivity index (χ4v) is 3.52. The first-order valence-electron chi connectivity index (χ1n) is 9.77. The van der Waals surface area contributed by atoms with E-state index >= 15 is 0 Å². The Morgan fingerprint density at radius 2 is 1.70 bits per heavy atom. The van der Waals surface area contributed by atoms with Crippen LogP contribution in [0.2, 0.25) is 5.02 Å². The molecule has 2 aromatic carbocycles. The fraction of sp³-hybridized carbons (Fsp3) is 0.217. The number of hydrogen-bond donors (Lipinski definition) is 1. The van der Waals surface area contributed by atoms with Crippen LogP contribution in [0.4, 0.5) is 0 Å². The lowest BCUT2D eigenvalue weighted by Crippen LogP contribution is -2.18. The van der Waals surface area contributed by atoms with Gasteiger partial charge in [-0.15, -0.1) is 0 Å². The number of halogens is 1. The molecule has 30 heavy (non-hydrogen) atoms. The van der Waals surface area contributed by atoms with Crippen LogP contribution in [0.1, 0.15) is 29.8 Å². The Bertz CT molecular complexity index is 1120. The van der Waals surface area contributed by atoms with Crippen LogP contribution in [0.25, 0.3) is 11.4 Å². The van der Waals surface area contributed by atoms with Gasteiger partial charge in [0.25, 0.3) is 0 Å². The number of aromatic nitrogens is 4. The first kappa shape index (κ1) is 20.2. The predicted octanol–water partition coefficient (Wildman–Crippen LogP) is 4.88. The van der Waals surface area contributed by atoms with Crippen LogP contribution in [0, 0.1) is 6.92 Å². The largest absolute Gasteiger partial charge is 0.497 e. The summed E-state index contributed by atoms with van der Waals surface area (Å²) in [4.78, 5) is 0. The van der Waals surface area contributed by atoms with E-state index in [4.69, 9.17) is 16.3 Å². The monoisotopic (exact) mass is 421 g/mol. The number of methoxy groups -OCH3 is 1. The molecule has 0 aliphatic heterocycles. The van der Waals surface area contributed by atoms with E-state index < -0.39 is 0 Å². The maximum atomic E-state index is 5.96. The highest BCUT2D eigenvalue weighted by Gasteiger charge is 2.14. The SMILES string of the molecule is COc1ccc(-n2ncc([C@H](C)NCc3cnn(-c4ccc(Cl)cc4)c3)c2C)cc1. The summed E-state index contributed by atoms with van der Waals surface area (Å²) in [6.45, 7) is 4.94.